The Bertz CT molecular complexity index is 673. The molecular weight excluding hydrogens is 316 g/mol. The Morgan fingerprint density at radius 2 is 1.84 bits per heavy atom. The van der Waals surface area contributed by atoms with E-state index in [4.69, 9.17) is 9.47 Å². The van der Waals surface area contributed by atoms with Gasteiger partial charge in [-0.15, -0.1) is 5.10 Å². The first kappa shape index (κ1) is 16.5. The highest BCUT2D eigenvalue weighted by atomic mass is 16.5. The van der Waals surface area contributed by atoms with E-state index in [0.717, 1.165) is 36.0 Å². The molecule has 0 amide bonds. The van der Waals surface area contributed by atoms with Gasteiger partial charge in [0.15, 0.2) is 0 Å². The van der Waals surface area contributed by atoms with Gasteiger partial charge < -0.3 is 14.4 Å². The molecule has 25 heavy (non-hydrogen) atoms. The lowest BCUT2D eigenvalue weighted by Gasteiger charge is -2.41. The van der Waals surface area contributed by atoms with Crippen LogP contribution in [-0.2, 0) is 11.3 Å². The van der Waals surface area contributed by atoms with Crippen molar-refractivity contribution >= 4 is 0 Å². The summed E-state index contributed by atoms with van der Waals surface area (Å²) in [4.78, 5) is 2.65. The van der Waals surface area contributed by atoms with Crippen molar-refractivity contribution in [2.75, 3.05) is 20.2 Å². The highest BCUT2D eigenvalue weighted by molar-refractivity contribution is 5.36. The topological polar surface area (TPSA) is 52.4 Å². The monoisotopic (exact) mass is 342 g/mol. The minimum atomic E-state index is 0.335. The van der Waals surface area contributed by atoms with E-state index >= 15 is 0 Å². The van der Waals surface area contributed by atoms with Crippen molar-refractivity contribution in [2.24, 2.45) is 0 Å². The molecule has 1 saturated heterocycles. The maximum Gasteiger partial charge on any atom is 0.119 e. The van der Waals surface area contributed by atoms with Crippen LogP contribution in [0.25, 0.3) is 5.69 Å². The number of hydrogen-bond donors (Lipinski definition) is 0. The fourth-order valence-electron chi connectivity index (χ4n) is 3.62. The molecule has 0 unspecified atom stereocenters. The number of likely N-dealkylation sites (tertiary alicyclic amines) is 1. The summed E-state index contributed by atoms with van der Waals surface area (Å²) in [5.74, 6) is 0.933. The Labute approximate surface area is 148 Å². The second kappa shape index (κ2) is 7.54. The molecule has 1 aliphatic carbocycles. The van der Waals surface area contributed by atoms with Crippen LogP contribution in [0.15, 0.2) is 30.5 Å². The van der Waals surface area contributed by atoms with E-state index in [2.05, 4.69) is 15.2 Å². The second-order valence-electron chi connectivity index (χ2n) is 7.02. The number of aromatic nitrogens is 3. The number of hydrogen-bond acceptors (Lipinski definition) is 5. The Morgan fingerprint density at radius 1 is 1.08 bits per heavy atom. The van der Waals surface area contributed by atoms with Gasteiger partial charge in [-0.1, -0.05) is 11.6 Å². The zero-order chi connectivity index (χ0) is 17.1. The molecule has 1 saturated carbocycles. The van der Waals surface area contributed by atoms with Crippen LogP contribution in [-0.4, -0.2) is 52.2 Å². The standard InChI is InChI=1S/C19H26N4O2/c1-24-14-15-13-23(21-20-15)17-5-7-18(8-6-17)25-19-9-11-22(12-10-19)16-3-2-4-16/h5-8,13,16,19H,2-4,9-12,14H2,1H3. The highest BCUT2D eigenvalue weighted by Crippen LogP contribution is 2.28. The third-order valence-corrected chi connectivity index (χ3v) is 5.30. The average molecular weight is 342 g/mol. The van der Waals surface area contributed by atoms with Gasteiger partial charge in [-0.3, -0.25) is 0 Å². The van der Waals surface area contributed by atoms with Gasteiger partial charge in [-0.2, -0.15) is 0 Å². The lowest BCUT2D eigenvalue weighted by atomic mass is 9.90. The first-order chi connectivity index (χ1) is 12.3. The minimum absolute atomic E-state index is 0.335. The largest absolute Gasteiger partial charge is 0.490 e. The van der Waals surface area contributed by atoms with Crippen LogP contribution in [0, 0.1) is 0 Å². The van der Waals surface area contributed by atoms with E-state index in [0.29, 0.717) is 12.7 Å². The van der Waals surface area contributed by atoms with E-state index < -0.39 is 0 Å². The molecule has 0 N–H and O–H groups in total. The molecule has 1 aromatic heterocycles. The van der Waals surface area contributed by atoms with Gasteiger partial charge in [0.1, 0.15) is 17.5 Å². The normalized spacial score (nSPS) is 19.7. The zero-order valence-corrected chi connectivity index (χ0v) is 14.8. The summed E-state index contributed by atoms with van der Waals surface area (Å²) < 4.78 is 13.0. The lowest BCUT2D eigenvalue weighted by molar-refractivity contribution is 0.0493. The van der Waals surface area contributed by atoms with Crippen molar-refractivity contribution in [1.29, 1.82) is 0 Å². The molecule has 2 aliphatic rings. The summed E-state index contributed by atoms with van der Waals surface area (Å²) in [7, 11) is 1.65. The van der Waals surface area contributed by atoms with Crippen LogP contribution in [0.4, 0.5) is 0 Å². The molecule has 1 aliphatic heterocycles. The van der Waals surface area contributed by atoms with Gasteiger partial charge in [0.05, 0.1) is 18.5 Å². The SMILES string of the molecule is COCc1cn(-c2ccc(OC3CCN(C4CCC4)CC3)cc2)nn1. The zero-order valence-electron chi connectivity index (χ0n) is 14.8. The molecule has 0 radical (unpaired) electrons. The predicted octanol–water partition coefficient (Wildman–Crippen LogP) is 2.81. The summed E-state index contributed by atoms with van der Waals surface area (Å²) in [5, 5.41) is 8.21. The van der Waals surface area contributed by atoms with Crippen molar-refractivity contribution < 1.29 is 9.47 Å². The smallest absolute Gasteiger partial charge is 0.119 e. The van der Waals surface area contributed by atoms with E-state index in [1.54, 1.807) is 11.8 Å². The summed E-state index contributed by atoms with van der Waals surface area (Å²) in [6, 6.07) is 8.93. The van der Waals surface area contributed by atoms with Crippen LogP contribution in [0.2, 0.25) is 0 Å². The second-order valence-corrected chi connectivity index (χ2v) is 7.02. The molecule has 0 bridgehead atoms. The Hall–Kier alpha value is -1.92. The lowest BCUT2D eigenvalue weighted by Crippen LogP contribution is -2.46. The molecule has 0 spiro atoms. The van der Waals surface area contributed by atoms with Crippen LogP contribution >= 0.6 is 0 Å². The number of ether oxygens (including phenoxy) is 2. The quantitative estimate of drug-likeness (QED) is 0.808. The minimum Gasteiger partial charge on any atom is -0.490 e. The van der Waals surface area contributed by atoms with Gasteiger partial charge in [-0.25, -0.2) is 4.68 Å². The predicted molar refractivity (Wildman–Crippen MR) is 94.9 cm³/mol. The molecule has 6 heteroatoms. The summed E-state index contributed by atoms with van der Waals surface area (Å²) in [6.45, 7) is 2.82. The molecule has 2 fully saturated rings. The first-order valence-corrected chi connectivity index (χ1v) is 9.23. The van der Waals surface area contributed by atoms with Crippen molar-refractivity contribution in [2.45, 2.75) is 50.9 Å². The third kappa shape index (κ3) is 3.85. The van der Waals surface area contributed by atoms with Gasteiger partial charge >= 0.3 is 0 Å². The van der Waals surface area contributed by atoms with Gasteiger partial charge in [0.25, 0.3) is 0 Å². The van der Waals surface area contributed by atoms with E-state index in [9.17, 15) is 0 Å². The molecule has 4 rings (SSSR count). The van der Waals surface area contributed by atoms with Crippen LogP contribution < -0.4 is 4.74 Å². The van der Waals surface area contributed by atoms with Gasteiger partial charge in [-0.05, 0) is 49.9 Å². The Kier molecular flexibility index (Phi) is 4.99. The van der Waals surface area contributed by atoms with Crippen molar-refractivity contribution in [3.63, 3.8) is 0 Å². The maximum atomic E-state index is 6.18. The van der Waals surface area contributed by atoms with Crippen LogP contribution in [0.3, 0.4) is 0 Å². The number of piperidine rings is 1. The summed E-state index contributed by atoms with van der Waals surface area (Å²) in [5.41, 5.74) is 1.79. The summed E-state index contributed by atoms with van der Waals surface area (Å²) >= 11 is 0. The molecule has 2 heterocycles. The van der Waals surface area contributed by atoms with Crippen molar-refractivity contribution in [1.82, 2.24) is 19.9 Å². The van der Waals surface area contributed by atoms with Gasteiger partial charge in [0, 0.05) is 26.2 Å². The molecule has 6 nitrogen and oxygen atoms in total. The molecule has 1 aromatic carbocycles. The van der Waals surface area contributed by atoms with E-state index in [-0.39, 0.29) is 0 Å². The van der Waals surface area contributed by atoms with Gasteiger partial charge in [0.2, 0.25) is 0 Å². The van der Waals surface area contributed by atoms with Crippen molar-refractivity contribution in [3.05, 3.63) is 36.2 Å². The van der Waals surface area contributed by atoms with Crippen LogP contribution in [0.5, 0.6) is 5.75 Å². The van der Waals surface area contributed by atoms with E-state index in [1.165, 1.54) is 32.4 Å². The third-order valence-electron chi connectivity index (χ3n) is 5.30. The highest BCUT2D eigenvalue weighted by Gasteiger charge is 2.29. The fourth-order valence-corrected chi connectivity index (χ4v) is 3.62. The number of benzene rings is 1. The maximum absolute atomic E-state index is 6.18. The average Bonchev–Trinajstić information content (AvgIpc) is 3.05. The Morgan fingerprint density at radius 3 is 2.48 bits per heavy atom. The number of nitrogens with zero attached hydrogens (tertiary/aromatic N) is 4. The molecular formula is C19H26N4O2. The summed E-state index contributed by atoms with van der Waals surface area (Å²) in [6.07, 6.45) is 8.66. The molecule has 2 aromatic rings. The van der Waals surface area contributed by atoms with Crippen molar-refractivity contribution in [3.8, 4) is 11.4 Å². The first-order valence-electron chi connectivity index (χ1n) is 9.23. The fraction of sp³-hybridized carbons (Fsp3) is 0.579. The molecule has 0 atom stereocenters. The Balaban J connectivity index is 1.31. The molecule has 134 valence electrons. The number of rotatable bonds is 6. The number of methoxy groups -OCH3 is 1. The van der Waals surface area contributed by atoms with E-state index in [1.807, 2.05) is 30.5 Å². The van der Waals surface area contributed by atoms with Crippen LogP contribution in [0.1, 0.15) is 37.8 Å².